The first-order chi connectivity index (χ1) is 11.6. The molecule has 0 radical (unpaired) electrons. The summed E-state index contributed by atoms with van der Waals surface area (Å²) in [5, 5.41) is 2.81. The highest BCUT2D eigenvalue weighted by Crippen LogP contribution is 2.19. The summed E-state index contributed by atoms with van der Waals surface area (Å²) >= 11 is 1.65. The van der Waals surface area contributed by atoms with Crippen LogP contribution in [-0.2, 0) is 9.53 Å². The second-order valence-corrected chi connectivity index (χ2v) is 6.43. The molecule has 2 rings (SSSR count). The topological polar surface area (TPSA) is 55.4 Å². The zero-order chi connectivity index (χ0) is 17.4. The molecule has 5 heteroatoms. The van der Waals surface area contributed by atoms with Crippen molar-refractivity contribution in [3.05, 3.63) is 59.7 Å². The average Bonchev–Trinajstić information content (AvgIpc) is 2.57. The minimum absolute atomic E-state index is 0.0735. The molecule has 0 spiro atoms. The van der Waals surface area contributed by atoms with Crippen molar-refractivity contribution in [2.75, 3.05) is 17.7 Å². The van der Waals surface area contributed by atoms with E-state index >= 15 is 0 Å². The lowest BCUT2D eigenvalue weighted by Crippen LogP contribution is -2.13. The molecule has 0 aliphatic heterocycles. The van der Waals surface area contributed by atoms with Crippen LogP contribution in [-0.4, -0.2) is 24.2 Å². The number of aryl methyl sites for hydroxylation is 1. The summed E-state index contributed by atoms with van der Waals surface area (Å²) < 4.78 is 4.96. The van der Waals surface area contributed by atoms with Gasteiger partial charge in [-0.2, -0.15) is 0 Å². The Hall–Kier alpha value is -2.27. The molecule has 0 atom stereocenters. The Balaban J connectivity index is 1.82. The molecule has 0 aliphatic rings. The van der Waals surface area contributed by atoms with E-state index in [-0.39, 0.29) is 11.9 Å². The van der Waals surface area contributed by atoms with Crippen LogP contribution in [0.4, 0.5) is 5.69 Å². The van der Waals surface area contributed by atoms with Crippen LogP contribution in [0.1, 0.15) is 29.3 Å². The largest absolute Gasteiger partial charge is 0.462 e. The zero-order valence-electron chi connectivity index (χ0n) is 13.9. The molecule has 0 aromatic heterocycles. The van der Waals surface area contributed by atoms with Crippen LogP contribution in [0.25, 0.3) is 0 Å². The van der Waals surface area contributed by atoms with E-state index in [1.54, 1.807) is 43.0 Å². The number of hydrogen-bond donors (Lipinski definition) is 1. The summed E-state index contributed by atoms with van der Waals surface area (Å²) in [7, 11) is 0. The van der Waals surface area contributed by atoms with Gasteiger partial charge in [0.2, 0.25) is 5.91 Å². The average molecular weight is 343 g/mol. The summed E-state index contributed by atoms with van der Waals surface area (Å²) in [6.07, 6.45) is 0.405. The second kappa shape index (κ2) is 9.13. The molecule has 2 aromatic rings. The number of hydrogen-bond acceptors (Lipinski definition) is 4. The van der Waals surface area contributed by atoms with E-state index in [2.05, 4.69) is 29.6 Å². The van der Waals surface area contributed by atoms with Gasteiger partial charge in [-0.05, 0) is 44.2 Å². The van der Waals surface area contributed by atoms with Crippen molar-refractivity contribution in [3.63, 3.8) is 0 Å². The maximum Gasteiger partial charge on any atom is 0.338 e. The van der Waals surface area contributed by atoms with E-state index in [4.69, 9.17) is 4.74 Å². The van der Waals surface area contributed by atoms with Crippen molar-refractivity contribution in [3.8, 4) is 0 Å². The predicted molar refractivity (Wildman–Crippen MR) is 97.5 cm³/mol. The first-order valence-corrected chi connectivity index (χ1v) is 8.83. The van der Waals surface area contributed by atoms with Gasteiger partial charge in [-0.3, -0.25) is 4.79 Å². The molecule has 126 valence electrons. The molecule has 0 saturated heterocycles. The number of rotatable bonds is 7. The second-order valence-electron chi connectivity index (χ2n) is 5.26. The lowest BCUT2D eigenvalue weighted by molar-refractivity contribution is -0.115. The van der Waals surface area contributed by atoms with Crippen LogP contribution in [0.3, 0.4) is 0 Å². The molecule has 1 N–H and O–H groups in total. The normalized spacial score (nSPS) is 10.2. The molecule has 4 nitrogen and oxygen atoms in total. The molecule has 0 bridgehead atoms. The van der Waals surface area contributed by atoms with Gasteiger partial charge in [0.25, 0.3) is 0 Å². The summed E-state index contributed by atoms with van der Waals surface area (Å²) in [6.45, 7) is 4.13. The Morgan fingerprint density at radius 1 is 1.12 bits per heavy atom. The van der Waals surface area contributed by atoms with Crippen molar-refractivity contribution in [1.29, 1.82) is 0 Å². The first kappa shape index (κ1) is 18.1. The number of benzene rings is 2. The Morgan fingerprint density at radius 3 is 2.58 bits per heavy atom. The highest BCUT2D eigenvalue weighted by molar-refractivity contribution is 7.99. The molecule has 0 fully saturated rings. The van der Waals surface area contributed by atoms with E-state index in [0.717, 1.165) is 4.90 Å². The van der Waals surface area contributed by atoms with Crippen molar-refractivity contribution >= 4 is 29.3 Å². The molecular formula is C19H21NO3S. The van der Waals surface area contributed by atoms with E-state index in [1.165, 1.54) is 5.56 Å². The smallest absolute Gasteiger partial charge is 0.338 e. The maximum atomic E-state index is 12.0. The van der Waals surface area contributed by atoms with E-state index < -0.39 is 0 Å². The lowest BCUT2D eigenvalue weighted by atomic mass is 10.2. The summed E-state index contributed by atoms with van der Waals surface area (Å²) in [5.74, 6) is 0.242. The highest BCUT2D eigenvalue weighted by Gasteiger charge is 2.08. The van der Waals surface area contributed by atoms with Gasteiger partial charge < -0.3 is 10.1 Å². The molecule has 0 unspecified atom stereocenters. The van der Waals surface area contributed by atoms with Crippen molar-refractivity contribution in [2.24, 2.45) is 0 Å². The Morgan fingerprint density at radius 2 is 1.88 bits per heavy atom. The number of nitrogens with one attached hydrogen (secondary N) is 1. The van der Waals surface area contributed by atoms with E-state index in [1.807, 2.05) is 6.92 Å². The van der Waals surface area contributed by atoms with Crippen molar-refractivity contribution < 1.29 is 14.3 Å². The molecule has 0 aliphatic carbocycles. The number of thioether (sulfide) groups is 1. The third-order valence-corrected chi connectivity index (χ3v) is 4.29. The molecule has 2 aromatic carbocycles. The fraction of sp³-hybridized carbons (Fsp3) is 0.263. The number of carbonyl (C=O) groups excluding carboxylic acids is 2. The van der Waals surface area contributed by atoms with Gasteiger partial charge in [-0.1, -0.05) is 23.8 Å². The van der Waals surface area contributed by atoms with Crippen molar-refractivity contribution in [1.82, 2.24) is 0 Å². The molecular weight excluding hydrogens is 322 g/mol. The van der Waals surface area contributed by atoms with Crippen LogP contribution in [0.2, 0.25) is 0 Å². The Kier molecular flexibility index (Phi) is 6.88. The van der Waals surface area contributed by atoms with Crippen LogP contribution in [0.5, 0.6) is 0 Å². The number of ether oxygens (including phenoxy) is 1. The van der Waals surface area contributed by atoms with Crippen LogP contribution < -0.4 is 5.32 Å². The van der Waals surface area contributed by atoms with Gasteiger partial charge in [0.1, 0.15) is 0 Å². The Bertz CT molecular complexity index is 698. The number of esters is 1. The molecule has 24 heavy (non-hydrogen) atoms. The lowest BCUT2D eigenvalue weighted by Gasteiger charge is -2.07. The minimum atomic E-state index is -0.386. The summed E-state index contributed by atoms with van der Waals surface area (Å²) in [4.78, 5) is 24.9. The predicted octanol–water partition coefficient (Wildman–Crippen LogP) is 4.29. The summed E-state index contributed by atoms with van der Waals surface area (Å²) in [6, 6.07) is 15.0. The maximum absolute atomic E-state index is 12.0. The van der Waals surface area contributed by atoms with Gasteiger partial charge in [-0.15, -0.1) is 11.8 Å². The molecule has 0 saturated carbocycles. The fourth-order valence-electron chi connectivity index (χ4n) is 2.06. The van der Waals surface area contributed by atoms with Crippen LogP contribution in [0.15, 0.2) is 53.4 Å². The van der Waals surface area contributed by atoms with Gasteiger partial charge in [0.05, 0.1) is 12.2 Å². The third kappa shape index (κ3) is 5.74. The number of amides is 1. The van der Waals surface area contributed by atoms with Crippen LogP contribution >= 0.6 is 11.8 Å². The third-order valence-electron chi connectivity index (χ3n) is 3.28. The number of anilines is 1. The fourth-order valence-corrected chi connectivity index (χ4v) is 2.91. The standard InChI is InChI=1S/C19H21NO3S/c1-3-23-19(22)15-5-4-6-16(13-15)20-18(21)11-12-24-17-9-7-14(2)8-10-17/h4-10,13H,3,11-12H2,1-2H3,(H,20,21). The van der Waals surface area contributed by atoms with E-state index in [9.17, 15) is 9.59 Å². The van der Waals surface area contributed by atoms with Gasteiger partial charge in [0, 0.05) is 22.8 Å². The van der Waals surface area contributed by atoms with Gasteiger partial charge in [-0.25, -0.2) is 4.79 Å². The Labute approximate surface area is 146 Å². The van der Waals surface area contributed by atoms with Crippen LogP contribution in [0, 0.1) is 6.92 Å². The molecule has 1 amide bonds. The van der Waals surface area contributed by atoms with Crippen molar-refractivity contribution in [2.45, 2.75) is 25.2 Å². The minimum Gasteiger partial charge on any atom is -0.462 e. The zero-order valence-corrected chi connectivity index (χ0v) is 14.7. The highest BCUT2D eigenvalue weighted by atomic mass is 32.2. The van der Waals surface area contributed by atoms with Gasteiger partial charge in [0.15, 0.2) is 0 Å². The van der Waals surface area contributed by atoms with Gasteiger partial charge >= 0.3 is 5.97 Å². The number of carbonyl (C=O) groups is 2. The van der Waals surface area contributed by atoms with E-state index in [0.29, 0.717) is 30.0 Å². The quantitative estimate of drug-likeness (QED) is 0.602. The SMILES string of the molecule is CCOC(=O)c1cccc(NC(=O)CCSc2ccc(C)cc2)c1. The summed E-state index contributed by atoms with van der Waals surface area (Å²) in [5.41, 5.74) is 2.26. The first-order valence-electron chi connectivity index (χ1n) is 7.85. The molecule has 0 heterocycles. The monoisotopic (exact) mass is 343 g/mol.